The molecule has 0 aliphatic rings. The molecule has 2 N–H and O–H groups in total. The molecule has 6 nitrogen and oxygen atoms in total. The van der Waals surface area contributed by atoms with Crippen LogP contribution in [0.1, 0.15) is 26.3 Å². The zero-order valence-corrected chi connectivity index (χ0v) is 26.7. The zero-order valence-electron chi connectivity index (χ0n) is 23.6. The molecule has 220 valence electrons. The molecule has 0 fully saturated rings. The molecule has 0 bridgehead atoms. The van der Waals surface area contributed by atoms with Crippen LogP contribution in [0.5, 0.6) is 0 Å². The summed E-state index contributed by atoms with van der Waals surface area (Å²) in [5.74, 6) is -0.659. The third-order valence-electron chi connectivity index (χ3n) is 7.24. The molecular formula is C35H22Cl2N4O2S2. The van der Waals surface area contributed by atoms with E-state index in [0.29, 0.717) is 64.4 Å². The van der Waals surface area contributed by atoms with Crippen LogP contribution in [0.2, 0.25) is 8.67 Å². The lowest BCUT2D eigenvalue weighted by molar-refractivity contribution is 0.101. The van der Waals surface area contributed by atoms with Crippen LogP contribution in [-0.4, -0.2) is 21.8 Å². The van der Waals surface area contributed by atoms with Crippen LogP contribution in [0.15, 0.2) is 103 Å². The Morgan fingerprint density at radius 1 is 0.600 bits per heavy atom. The molecular weight excluding hydrogens is 643 g/mol. The molecule has 2 amide bonds. The first-order valence-electron chi connectivity index (χ1n) is 13.9. The Balaban J connectivity index is 1.24. The Labute approximate surface area is 276 Å². The third-order valence-corrected chi connectivity index (χ3v) is 9.75. The summed E-state index contributed by atoms with van der Waals surface area (Å²) < 4.78 is 1.28. The highest BCUT2D eigenvalue weighted by atomic mass is 35.5. The van der Waals surface area contributed by atoms with Crippen LogP contribution < -0.4 is 10.6 Å². The van der Waals surface area contributed by atoms with E-state index in [1.54, 1.807) is 18.2 Å². The van der Waals surface area contributed by atoms with Gasteiger partial charge < -0.3 is 10.6 Å². The second-order valence-corrected chi connectivity index (χ2v) is 13.7. The number of nitrogens with one attached hydrogen (secondary N) is 2. The van der Waals surface area contributed by atoms with Crippen molar-refractivity contribution in [1.29, 1.82) is 0 Å². The fraction of sp³-hybridized carbons (Fsp3) is 0.0286. The van der Waals surface area contributed by atoms with Gasteiger partial charge in [0.15, 0.2) is 0 Å². The number of anilines is 2. The lowest BCUT2D eigenvalue weighted by Crippen LogP contribution is -2.18. The van der Waals surface area contributed by atoms with E-state index in [1.165, 1.54) is 22.7 Å². The van der Waals surface area contributed by atoms with E-state index in [0.717, 1.165) is 15.3 Å². The number of amides is 2. The van der Waals surface area contributed by atoms with E-state index in [1.807, 2.05) is 91.9 Å². The molecule has 7 aromatic rings. The van der Waals surface area contributed by atoms with Gasteiger partial charge in [-0.3, -0.25) is 9.59 Å². The molecule has 45 heavy (non-hydrogen) atoms. The number of carbonyl (C=O) groups is 2. The highest BCUT2D eigenvalue weighted by Gasteiger charge is 2.19. The number of aryl methyl sites for hydroxylation is 1. The summed E-state index contributed by atoms with van der Waals surface area (Å²) in [4.78, 5) is 39.1. The molecule has 0 atom stereocenters. The van der Waals surface area contributed by atoms with E-state index >= 15 is 0 Å². The van der Waals surface area contributed by atoms with E-state index in [4.69, 9.17) is 33.2 Å². The maximum Gasteiger partial charge on any atom is 0.256 e. The molecule has 0 unspecified atom stereocenters. The summed E-state index contributed by atoms with van der Waals surface area (Å²) in [6.07, 6.45) is 0. The molecule has 0 radical (unpaired) electrons. The minimum Gasteiger partial charge on any atom is -0.320 e. The van der Waals surface area contributed by atoms with E-state index in [9.17, 15) is 9.59 Å². The highest BCUT2D eigenvalue weighted by Crippen LogP contribution is 2.35. The monoisotopic (exact) mass is 664 g/mol. The van der Waals surface area contributed by atoms with Gasteiger partial charge in [0.05, 0.1) is 63.3 Å². The van der Waals surface area contributed by atoms with Crippen molar-refractivity contribution in [2.75, 3.05) is 10.6 Å². The van der Waals surface area contributed by atoms with Crippen molar-refractivity contribution in [3.63, 3.8) is 0 Å². The van der Waals surface area contributed by atoms with Gasteiger partial charge >= 0.3 is 0 Å². The van der Waals surface area contributed by atoms with E-state index < -0.39 is 0 Å². The number of carbonyl (C=O) groups excluding carboxylic acids is 2. The summed E-state index contributed by atoms with van der Waals surface area (Å²) in [6, 6.07) is 31.5. The lowest BCUT2D eigenvalue weighted by atomic mass is 10.1. The minimum absolute atomic E-state index is 0.329. The predicted octanol–water partition coefficient (Wildman–Crippen LogP) is 10.4. The number of nitrogens with zero attached hydrogens (tertiary/aromatic N) is 2. The first-order valence-corrected chi connectivity index (χ1v) is 16.3. The normalized spacial score (nSPS) is 11.2. The number of benzene rings is 3. The SMILES string of the molecule is Cc1ccc(NC(=O)c2cc(-c3ccc(Cl)s3)nc3ccccc23)c(NC(=O)c2cc(-c3ccc(Cl)s3)nc3ccccc23)c1. The van der Waals surface area contributed by atoms with Crippen LogP contribution in [0.25, 0.3) is 42.9 Å². The standard InChI is InChI=1S/C35H22Cl2N4O2S2/c1-19-10-11-26(40-34(42)22-17-28(30-12-14-32(36)44-30)38-24-8-4-2-6-20(22)24)27(16-19)41-35(43)23-18-29(31-13-15-33(37)45-31)39-25-9-5-3-7-21(23)25/h2-18H,1H3,(H,40,42)(H,41,43). The largest absolute Gasteiger partial charge is 0.320 e. The van der Waals surface area contributed by atoms with Gasteiger partial charge in [0.25, 0.3) is 11.8 Å². The quantitative estimate of drug-likeness (QED) is 0.185. The molecule has 0 spiro atoms. The first kappa shape index (κ1) is 29.1. The summed E-state index contributed by atoms with van der Waals surface area (Å²) in [7, 11) is 0. The van der Waals surface area contributed by atoms with Gasteiger partial charge in [-0.05, 0) is 73.2 Å². The van der Waals surface area contributed by atoms with Crippen molar-refractivity contribution in [2.24, 2.45) is 0 Å². The summed E-state index contributed by atoms with van der Waals surface area (Å²) in [5.41, 5.74) is 5.45. The van der Waals surface area contributed by atoms with Gasteiger partial charge in [-0.15, -0.1) is 22.7 Å². The maximum atomic E-state index is 13.9. The topological polar surface area (TPSA) is 84.0 Å². The number of fused-ring (bicyclic) bond motifs is 2. The molecule has 0 aliphatic heterocycles. The van der Waals surface area contributed by atoms with Crippen LogP contribution in [0, 0.1) is 6.92 Å². The van der Waals surface area contributed by atoms with Crippen LogP contribution >= 0.6 is 45.9 Å². The summed E-state index contributed by atoms with van der Waals surface area (Å²) in [5, 5.41) is 7.51. The van der Waals surface area contributed by atoms with Gasteiger partial charge in [-0.25, -0.2) is 9.97 Å². The van der Waals surface area contributed by atoms with Crippen molar-refractivity contribution in [1.82, 2.24) is 9.97 Å². The maximum absolute atomic E-state index is 13.9. The fourth-order valence-electron chi connectivity index (χ4n) is 5.13. The average Bonchev–Trinajstić information content (AvgIpc) is 3.69. The second-order valence-electron chi connectivity index (χ2n) is 10.3. The number of pyridine rings is 2. The number of hydrogen-bond acceptors (Lipinski definition) is 6. The minimum atomic E-state index is -0.330. The Kier molecular flexibility index (Phi) is 7.81. The van der Waals surface area contributed by atoms with Crippen LogP contribution in [-0.2, 0) is 0 Å². The first-order chi connectivity index (χ1) is 21.8. The van der Waals surface area contributed by atoms with Gasteiger partial charge in [0.1, 0.15) is 0 Å². The molecule has 7 rings (SSSR count). The van der Waals surface area contributed by atoms with E-state index in [2.05, 4.69) is 10.6 Å². The van der Waals surface area contributed by atoms with Gasteiger partial charge in [-0.1, -0.05) is 65.7 Å². The smallest absolute Gasteiger partial charge is 0.256 e. The number of aromatic nitrogens is 2. The molecule has 0 saturated carbocycles. The van der Waals surface area contributed by atoms with Crippen molar-refractivity contribution in [2.45, 2.75) is 6.92 Å². The summed E-state index contributed by atoms with van der Waals surface area (Å²) in [6.45, 7) is 1.93. The van der Waals surface area contributed by atoms with Crippen molar-refractivity contribution in [3.8, 4) is 21.1 Å². The molecule has 3 aromatic carbocycles. The van der Waals surface area contributed by atoms with Crippen LogP contribution in [0.3, 0.4) is 0 Å². The van der Waals surface area contributed by atoms with Gasteiger partial charge in [-0.2, -0.15) is 0 Å². The van der Waals surface area contributed by atoms with Crippen molar-refractivity contribution >= 4 is 90.9 Å². The van der Waals surface area contributed by atoms with Crippen molar-refractivity contribution in [3.05, 3.63) is 128 Å². The average molecular weight is 666 g/mol. The number of rotatable bonds is 6. The van der Waals surface area contributed by atoms with Gasteiger partial charge in [0.2, 0.25) is 0 Å². The zero-order chi connectivity index (χ0) is 31.1. The fourth-order valence-corrected chi connectivity index (χ4v) is 7.14. The number of halogens is 2. The highest BCUT2D eigenvalue weighted by molar-refractivity contribution is 7.19. The summed E-state index contributed by atoms with van der Waals surface area (Å²) >= 11 is 15.2. The lowest BCUT2D eigenvalue weighted by Gasteiger charge is -2.16. The number of hydrogen-bond donors (Lipinski definition) is 2. The Bertz CT molecular complexity index is 2280. The van der Waals surface area contributed by atoms with Crippen molar-refractivity contribution < 1.29 is 9.59 Å². The molecule has 4 aromatic heterocycles. The molecule has 10 heteroatoms. The predicted molar refractivity (Wildman–Crippen MR) is 187 cm³/mol. The Morgan fingerprint density at radius 3 is 1.58 bits per heavy atom. The Morgan fingerprint density at radius 2 is 1.09 bits per heavy atom. The van der Waals surface area contributed by atoms with Gasteiger partial charge in [0, 0.05) is 10.8 Å². The third kappa shape index (κ3) is 5.93. The second kappa shape index (κ2) is 12.1. The molecule has 0 aliphatic carbocycles. The Hall–Kier alpha value is -4.60. The van der Waals surface area contributed by atoms with E-state index in [-0.39, 0.29) is 11.8 Å². The molecule has 0 saturated heterocycles. The number of thiophene rings is 2. The van der Waals surface area contributed by atoms with Crippen LogP contribution in [0.4, 0.5) is 11.4 Å². The number of para-hydroxylation sites is 2. The molecule has 4 heterocycles.